The predicted octanol–water partition coefficient (Wildman–Crippen LogP) is 2.93. The molecular weight excluding hydrogens is 249 g/mol. The molecule has 1 aromatic heterocycles. The van der Waals surface area contributed by atoms with Crippen molar-refractivity contribution < 1.29 is 4.39 Å². The average molecular weight is 256 g/mol. The zero-order valence-electron chi connectivity index (χ0n) is 7.03. The van der Waals surface area contributed by atoms with Crippen LogP contribution < -0.4 is 0 Å². The first kappa shape index (κ1) is 10.4. The molecule has 1 aliphatic carbocycles. The third-order valence-electron chi connectivity index (χ3n) is 2.14. The van der Waals surface area contributed by atoms with E-state index in [1.807, 2.05) is 0 Å². The van der Waals surface area contributed by atoms with Gasteiger partial charge < -0.3 is 0 Å². The van der Waals surface area contributed by atoms with Crippen molar-refractivity contribution in [2.45, 2.75) is 23.1 Å². The highest BCUT2D eigenvalue weighted by molar-refractivity contribution is 6.66. The van der Waals surface area contributed by atoms with Crippen LogP contribution in [-0.4, -0.2) is 9.97 Å². The Kier molecular flexibility index (Phi) is 2.58. The molecule has 0 atom stereocenters. The first-order chi connectivity index (χ1) is 6.48. The highest BCUT2D eigenvalue weighted by atomic mass is 35.6. The molecule has 0 aromatic carbocycles. The standard InChI is InChI=1S/C8H6Cl3FN2/c9-8(10,11)7-13-5-3-1-2-4(5)6(12)14-7/h1-3H2. The molecule has 2 rings (SSSR count). The van der Waals surface area contributed by atoms with Gasteiger partial charge in [-0.3, -0.25) is 0 Å². The summed E-state index contributed by atoms with van der Waals surface area (Å²) in [6.07, 6.45) is 2.27. The second-order valence-corrected chi connectivity index (χ2v) is 5.40. The summed E-state index contributed by atoms with van der Waals surface area (Å²) in [7, 11) is 0. The number of rotatable bonds is 0. The molecule has 0 amide bonds. The second kappa shape index (κ2) is 3.47. The van der Waals surface area contributed by atoms with Gasteiger partial charge in [-0.15, -0.1) is 0 Å². The monoisotopic (exact) mass is 254 g/mol. The summed E-state index contributed by atoms with van der Waals surface area (Å²) in [5.41, 5.74) is 1.22. The fourth-order valence-electron chi connectivity index (χ4n) is 1.51. The molecule has 0 fully saturated rings. The molecule has 0 unspecified atom stereocenters. The summed E-state index contributed by atoms with van der Waals surface area (Å²) < 4.78 is 11.6. The molecular formula is C8H6Cl3FN2. The van der Waals surface area contributed by atoms with E-state index in [2.05, 4.69) is 9.97 Å². The Hall–Kier alpha value is -0.120. The lowest BCUT2D eigenvalue weighted by atomic mass is 10.2. The molecule has 1 aliphatic rings. The van der Waals surface area contributed by atoms with Gasteiger partial charge in [-0.25, -0.2) is 4.98 Å². The van der Waals surface area contributed by atoms with Crippen molar-refractivity contribution in [3.8, 4) is 0 Å². The molecule has 0 spiro atoms. The lowest BCUT2D eigenvalue weighted by Gasteiger charge is -2.10. The average Bonchev–Trinajstić information content (AvgIpc) is 2.50. The van der Waals surface area contributed by atoms with Crippen LogP contribution in [0.4, 0.5) is 4.39 Å². The number of nitrogens with zero attached hydrogens (tertiary/aromatic N) is 2. The Morgan fingerprint density at radius 1 is 1.14 bits per heavy atom. The van der Waals surface area contributed by atoms with E-state index in [9.17, 15) is 4.39 Å². The minimum atomic E-state index is -1.75. The van der Waals surface area contributed by atoms with E-state index in [0.29, 0.717) is 17.7 Å². The van der Waals surface area contributed by atoms with Crippen LogP contribution >= 0.6 is 34.8 Å². The van der Waals surface area contributed by atoms with Crippen LogP contribution in [0.1, 0.15) is 23.5 Å². The van der Waals surface area contributed by atoms with Gasteiger partial charge in [0.05, 0.1) is 5.69 Å². The number of aromatic nitrogens is 2. The van der Waals surface area contributed by atoms with Crippen molar-refractivity contribution >= 4 is 34.8 Å². The minimum Gasteiger partial charge on any atom is -0.233 e. The van der Waals surface area contributed by atoms with Crippen molar-refractivity contribution in [3.63, 3.8) is 0 Å². The van der Waals surface area contributed by atoms with Crippen molar-refractivity contribution in [1.82, 2.24) is 9.97 Å². The van der Waals surface area contributed by atoms with E-state index in [-0.39, 0.29) is 5.82 Å². The van der Waals surface area contributed by atoms with Crippen LogP contribution in [0.15, 0.2) is 0 Å². The maximum Gasteiger partial charge on any atom is 0.250 e. The molecule has 0 saturated heterocycles. The Balaban J connectivity index is 2.52. The fraction of sp³-hybridized carbons (Fsp3) is 0.500. The normalized spacial score (nSPS) is 15.7. The van der Waals surface area contributed by atoms with E-state index in [1.54, 1.807) is 0 Å². The van der Waals surface area contributed by atoms with Gasteiger partial charge >= 0.3 is 0 Å². The molecule has 0 radical (unpaired) electrons. The molecule has 6 heteroatoms. The Morgan fingerprint density at radius 3 is 2.50 bits per heavy atom. The van der Waals surface area contributed by atoms with Gasteiger partial charge in [0.2, 0.25) is 9.74 Å². The highest BCUT2D eigenvalue weighted by Crippen LogP contribution is 2.37. The fourth-order valence-corrected chi connectivity index (χ4v) is 1.77. The second-order valence-electron chi connectivity index (χ2n) is 3.11. The number of hydrogen-bond donors (Lipinski definition) is 0. The highest BCUT2D eigenvalue weighted by Gasteiger charge is 2.30. The smallest absolute Gasteiger partial charge is 0.233 e. The van der Waals surface area contributed by atoms with E-state index < -0.39 is 9.74 Å². The van der Waals surface area contributed by atoms with Crippen molar-refractivity contribution in [2.24, 2.45) is 0 Å². The number of alkyl halides is 3. The van der Waals surface area contributed by atoms with Gasteiger partial charge in [0.15, 0.2) is 5.82 Å². The SMILES string of the molecule is Fc1nc(C(Cl)(Cl)Cl)nc2c1CCC2. The lowest BCUT2D eigenvalue weighted by Crippen LogP contribution is -2.11. The van der Waals surface area contributed by atoms with Gasteiger partial charge in [0.1, 0.15) is 0 Å². The zero-order valence-corrected chi connectivity index (χ0v) is 9.30. The van der Waals surface area contributed by atoms with Crippen LogP contribution in [0.5, 0.6) is 0 Å². The van der Waals surface area contributed by atoms with Crippen LogP contribution in [0.3, 0.4) is 0 Å². The molecule has 1 heterocycles. The summed E-state index contributed by atoms with van der Waals surface area (Å²) in [6.45, 7) is 0. The molecule has 0 bridgehead atoms. The van der Waals surface area contributed by atoms with Gasteiger partial charge in [0, 0.05) is 5.56 Å². The molecule has 1 aromatic rings. The first-order valence-corrected chi connectivity index (χ1v) is 5.24. The topological polar surface area (TPSA) is 25.8 Å². The summed E-state index contributed by atoms with van der Waals surface area (Å²) in [5.74, 6) is -0.644. The van der Waals surface area contributed by atoms with Crippen LogP contribution in [0.25, 0.3) is 0 Å². The van der Waals surface area contributed by atoms with Crippen molar-refractivity contribution in [3.05, 3.63) is 23.0 Å². The Bertz CT molecular complexity index is 376. The lowest BCUT2D eigenvalue weighted by molar-refractivity contribution is 0.556. The molecule has 0 aliphatic heterocycles. The Labute approximate surface area is 95.4 Å². The first-order valence-electron chi connectivity index (χ1n) is 4.11. The summed E-state index contributed by atoms with van der Waals surface area (Å²) >= 11 is 16.7. The third kappa shape index (κ3) is 1.81. The van der Waals surface area contributed by atoms with Gasteiger partial charge in [0.25, 0.3) is 0 Å². The number of fused-ring (bicyclic) bond motifs is 1. The molecule has 0 saturated carbocycles. The number of aryl methyl sites for hydroxylation is 1. The van der Waals surface area contributed by atoms with Crippen LogP contribution in [0.2, 0.25) is 0 Å². The van der Waals surface area contributed by atoms with E-state index >= 15 is 0 Å². The Morgan fingerprint density at radius 2 is 1.86 bits per heavy atom. The minimum absolute atomic E-state index is 0.0827. The summed E-state index contributed by atoms with van der Waals surface area (Å²) in [6, 6.07) is 0. The van der Waals surface area contributed by atoms with Crippen LogP contribution in [0, 0.1) is 5.95 Å². The van der Waals surface area contributed by atoms with E-state index in [0.717, 1.165) is 12.8 Å². The summed E-state index contributed by atoms with van der Waals surface area (Å²) in [4.78, 5) is 7.58. The third-order valence-corrected chi connectivity index (χ3v) is 2.64. The van der Waals surface area contributed by atoms with E-state index in [1.165, 1.54) is 0 Å². The maximum absolute atomic E-state index is 13.4. The largest absolute Gasteiger partial charge is 0.250 e. The van der Waals surface area contributed by atoms with Gasteiger partial charge in [-0.2, -0.15) is 9.37 Å². The number of halogens is 4. The zero-order chi connectivity index (χ0) is 10.3. The quantitative estimate of drug-likeness (QED) is 0.526. The molecule has 76 valence electrons. The molecule has 2 nitrogen and oxygen atoms in total. The maximum atomic E-state index is 13.4. The van der Waals surface area contributed by atoms with Crippen LogP contribution in [-0.2, 0) is 16.6 Å². The predicted molar refractivity (Wildman–Crippen MR) is 53.3 cm³/mol. The van der Waals surface area contributed by atoms with Gasteiger partial charge in [-0.05, 0) is 19.3 Å². The van der Waals surface area contributed by atoms with E-state index in [4.69, 9.17) is 34.8 Å². The van der Waals surface area contributed by atoms with Crippen molar-refractivity contribution in [1.29, 1.82) is 0 Å². The number of hydrogen-bond acceptors (Lipinski definition) is 2. The summed E-state index contributed by atoms with van der Waals surface area (Å²) in [5, 5.41) is 0. The van der Waals surface area contributed by atoms with Gasteiger partial charge in [-0.1, -0.05) is 34.8 Å². The van der Waals surface area contributed by atoms with Crippen molar-refractivity contribution in [2.75, 3.05) is 0 Å². The molecule has 0 N–H and O–H groups in total. The molecule has 14 heavy (non-hydrogen) atoms.